The van der Waals surface area contributed by atoms with E-state index in [1.54, 1.807) is 11.9 Å². The molecule has 1 aromatic carbocycles. The lowest BCUT2D eigenvalue weighted by Gasteiger charge is -2.28. The largest absolute Gasteiger partial charge is 0.326 e. The fraction of sp³-hybridized carbons (Fsp3) is 0.429. The molecule has 2 aliphatic rings. The van der Waals surface area contributed by atoms with Gasteiger partial charge in [0.2, 0.25) is 11.8 Å². The molecular weight excluding hydrogens is 242 g/mol. The second-order valence-corrected chi connectivity index (χ2v) is 5.14. The summed E-state index contributed by atoms with van der Waals surface area (Å²) in [6, 6.07) is 5.74. The summed E-state index contributed by atoms with van der Waals surface area (Å²) in [5, 5.41) is 6.02. The quantitative estimate of drug-likeness (QED) is 0.824. The van der Waals surface area contributed by atoms with Crippen molar-refractivity contribution >= 4 is 23.2 Å². The highest BCUT2D eigenvalue weighted by Gasteiger charge is 2.25. The van der Waals surface area contributed by atoms with Gasteiger partial charge in [-0.2, -0.15) is 0 Å². The molecule has 5 heteroatoms. The molecule has 0 aromatic heterocycles. The average Bonchev–Trinajstić information content (AvgIpc) is 2.32. The van der Waals surface area contributed by atoms with Crippen molar-refractivity contribution in [3.05, 3.63) is 23.8 Å². The Hall–Kier alpha value is -1.88. The molecule has 19 heavy (non-hydrogen) atoms. The molecule has 0 aliphatic carbocycles. The topological polar surface area (TPSA) is 61.4 Å². The van der Waals surface area contributed by atoms with Crippen LogP contribution in [0.1, 0.15) is 12.0 Å². The van der Waals surface area contributed by atoms with E-state index in [0.717, 1.165) is 36.4 Å². The van der Waals surface area contributed by atoms with Crippen molar-refractivity contribution in [3.8, 4) is 0 Å². The van der Waals surface area contributed by atoms with Crippen molar-refractivity contribution in [1.82, 2.24) is 5.32 Å². The van der Waals surface area contributed by atoms with Gasteiger partial charge in [0, 0.05) is 37.9 Å². The van der Waals surface area contributed by atoms with Gasteiger partial charge in [-0.25, -0.2) is 0 Å². The van der Waals surface area contributed by atoms with Crippen LogP contribution >= 0.6 is 0 Å². The van der Waals surface area contributed by atoms with E-state index in [0.29, 0.717) is 6.42 Å². The van der Waals surface area contributed by atoms with E-state index >= 15 is 0 Å². The number of hydrogen-bond donors (Lipinski definition) is 2. The fourth-order valence-corrected chi connectivity index (χ4v) is 2.45. The second-order valence-electron chi connectivity index (χ2n) is 5.14. The Balaban J connectivity index is 1.77. The number of rotatable bonds is 2. The highest BCUT2D eigenvalue weighted by atomic mass is 16.2. The first-order valence-electron chi connectivity index (χ1n) is 6.56. The maximum Gasteiger partial charge on any atom is 0.230 e. The SMILES string of the molecule is CN1C(=O)CCc2cc(NC(=O)C3CNC3)ccc21. The molecule has 0 spiro atoms. The van der Waals surface area contributed by atoms with E-state index < -0.39 is 0 Å². The number of anilines is 2. The maximum atomic E-state index is 11.9. The van der Waals surface area contributed by atoms with Gasteiger partial charge in [-0.3, -0.25) is 9.59 Å². The molecule has 0 saturated carbocycles. The van der Waals surface area contributed by atoms with Gasteiger partial charge in [0.1, 0.15) is 0 Å². The number of amides is 2. The summed E-state index contributed by atoms with van der Waals surface area (Å²) >= 11 is 0. The first-order chi connectivity index (χ1) is 9.15. The van der Waals surface area contributed by atoms with Gasteiger partial charge >= 0.3 is 0 Å². The van der Waals surface area contributed by atoms with Gasteiger partial charge in [0.25, 0.3) is 0 Å². The third-order valence-corrected chi connectivity index (χ3v) is 3.84. The van der Waals surface area contributed by atoms with Crippen LogP contribution < -0.4 is 15.5 Å². The Morgan fingerprint density at radius 3 is 2.84 bits per heavy atom. The highest BCUT2D eigenvalue weighted by molar-refractivity contribution is 5.97. The first-order valence-corrected chi connectivity index (χ1v) is 6.56. The molecular formula is C14H17N3O2. The van der Waals surface area contributed by atoms with Gasteiger partial charge in [-0.05, 0) is 30.2 Å². The highest BCUT2D eigenvalue weighted by Crippen LogP contribution is 2.29. The minimum Gasteiger partial charge on any atom is -0.326 e. The minimum atomic E-state index is 0.0685. The van der Waals surface area contributed by atoms with Crippen molar-refractivity contribution in [3.63, 3.8) is 0 Å². The molecule has 2 heterocycles. The second kappa shape index (κ2) is 4.66. The summed E-state index contributed by atoms with van der Waals surface area (Å²) in [5.74, 6) is 0.295. The molecule has 1 aromatic rings. The normalized spacial score (nSPS) is 18.8. The van der Waals surface area contributed by atoms with Crippen molar-refractivity contribution in [1.29, 1.82) is 0 Å². The molecule has 1 fully saturated rings. The van der Waals surface area contributed by atoms with Crippen LogP contribution in [0.2, 0.25) is 0 Å². The smallest absolute Gasteiger partial charge is 0.230 e. The summed E-state index contributed by atoms with van der Waals surface area (Å²) in [6.07, 6.45) is 1.28. The Kier molecular flexibility index (Phi) is 2.98. The van der Waals surface area contributed by atoms with Crippen molar-refractivity contribution in [2.75, 3.05) is 30.4 Å². The van der Waals surface area contributed by atoms with E-state index in [2.05, 4.69) is 10.6 Å². The molecule has 3 rings (SSSR count). The Morgan fingerprint density at radius 1 is 1.37 bits per heavy atom. The van der Waals surface area contributed by atoms with E-state index in [9.17, 15) is 9.59 Å². The zero-order valence-electron chi connectivity index (χ0n) is 10.9. The number of benzene rings is 1. The predicted molar refractivity (Wildman–Crippen MR) is 73.2 cm³/mol. The van der Waals surface area contributed by atoms with Crippen LogP contribution in [-0.4, -0.2) is 32.0 Å². The van der Waals surface area contributed by atoms with Crippen LogP contribution in [0.5, 0.6) is 0 Å². The third-order valence-electron chi connectivity index (χ3n) is 3.84. The number of carbonyl (C=O) groups excluding carboxylic acids is 2. The lowest BCUT2D eigenvalue weighted by Crippen LogP contribution is -2.48. The number of aryl methyl sites for hydroxylation is 1. The Bertz CT molecular complexity index is 537. The summed E-state index contributed by atoms with van der Waals surface area (Å²) in [4.78, 5) is 25.1. The van der Waals surface area contributed by atoms with Gasteiger partial charge < -0.3 is 15.5 Å². The summed E-state index contributed by atoms with van der Waals surface area (Å²) in [6.45, 7) is 1.52. The van der Waals surface area contributed by atoms with E-state index in [1.807, 2.05) is 18.2 Å². The van der Waals surface area contributed by atoms with Crippen molar-refractivity contribution in [2.24, 2.45) is 5.92 Å². The van der Waals surface area contributed by atoms with Crippen LogP contribution in [0.25, 0.3) is 0 Å². The lowest BCUT2D eigenvalue weighted by atomic mass is 10.00. The van der Waals surface area contributed by atoms with Gasteiger partial charge in [-0.15, -0.1) is 0 Å². The van der Waals surface area contributed by atoms with Gasteiger partial charge in [-0.1, -0.05) is 0 Å². The van der Waals surface area contributed by atoms with Gasteiger partial charge in [0.05, 0.1) is 5.92 Å². The van der Waals surface area contributed by atoms with Crippen LogP contribution in [0.3, 0.4) is 0 Å². The monoisotopic (exact) mass is 259 g/mol. The summed E-state index contributed by atoms with van der Waals surface area (Å²) in [5.41, 5.74) is 2.88. The van der Waals surface area contributed by atoms with Gasteiger partial charge in [0.15, 0.2) is 0 Å². The van der Waals surface area contributed by atoms with Crippen molar-refractivity contribution in [2.45, 2.75) is 12.8 Å². The number of carbonyl (C=O) groups is 2. The zero-order valence-corrected chi connectivity index (χ0v) is 10.9. The number of hydrogen-bond acceptors (Lipinski definition) is 3. The first kappa shape index (κ1) is 12.2. The van der Waals surface area contributed by atoms with E-state index in [1.165, 1.54) is 0 Å². The standard InChI is InChI=1S/C14H17N3O2/c1-17-12-4-3-11(6-9(12)2-5-13(17)18)16-14(19)10-7-15-8-10/h3-4,6,10,15H,2,5,7-8H2,1H3,(H,16,19). The molecule has 2 N–H and O–H groups in total. The average molecular weight is 259 g/mol. The third kappa shape index (κ3) is 2.21. The molecule has 1 saturated heterocycles. The molecule has 2 amide bonds. The summed E-state index contributed by atoms with van der Waals surface area (Å²) in [7, 11) is 1.79. The van der Waals surface area contributed by atoms with E-state index in [-0.39, 0.29) is 17.7 Å². The molecule has 2 aliphatic heterocycles. The number of nitrogens with zero attached hydrogens (tertiary/aromatic N) is 1. The molecule has 0 bridgehead atoms. The fourth-order valence-electron chi connectivity index (χ4n) is 2.45. The zero-order chi connectivity index (χ0) is 13.4. The number of fused-ring (bicyclic) bond motifs is 1. The van der Waals surface area contributed by atoms with E-state index in [4.69, 9.17) is 0 Å². The van der Waals surface area contributed by atoms with Crippen LogP contribution in [-0.2, 0) is 16.0 Å². The molecule has 0 radical (unpaired) electrons. The van der Waals surface area contributed by atoms with Crippen LogP contribution in [0, 0.1) is 5.92 Å². The summed E-state index contributed by atoms with van der Waals surface area (Å²) < 4.78 is 0. The van der Waals surface area contributed by atoms with Crippen LogP contribution in [0.15, 0.2) is 18.2 Å². The maximum absolute atomic E-state index is 11.9. The number of nitrogens with one attached hydrogen (secondary N) is 2. The minimum absolute atomic E-state index is 0.0685. The molecule has 0 unspecified atom stereocenters. The molecule has 100 valence electrons. The molecule has 5 nitrogen and oxygen atoms in total. The molecule has 0 atom stereocenters. The van der Waals surface area contributed by atoms with Crippen molar-refractivity contribution < 1.29 is 9.59 Å². The van der Waals surface area contributed by atoms with Crippen LogP contribution in [0.4, 0.5) is 11.4 Å². The predicted octanol–water partition coefficient (Wildman–Crippen LogP) is 0.753. The Morgan fingerprint density at radius 2 is 2.16 bits per heavy atom. The lowest BCUT2D eigenvalue weighted by molar-refractivity contribution is -0.121. The Labute approximate surface area is 112 Å².